The Morgan fingerprint density at radius 3 is 2.48 bits per heavy atom. The van der Waals surface area contributed by atoms with E-state index in [1.54, 1.807) is 23.1 Å². The van der Waals surface area contributed by atoms with Gasteiger partial charge in [-0.3, -0.25) is 0 Å². The Balaban J connectivity index is 1.40. The minimum absolute atomic E-state index is 0.0338. The van der Waals surface area contributed by atoms with Crippen molar-refractivity contribution in [2.24, 2.45) is 5.92 Å². The molecule has 2 unspecified atom stereocenters. The Kier molecular flexibility index (Phi) is 11.4. The largest absolute Gasteiger partial charge is 0.497 e. The normalized spacial score (nSPS) is 16.3. The third-order valence-corrected chi connectivity index (χ3v) is 11.0. The highest BCUT2D eigenvalue weighted by atomic mass is 35.5. The highest BCUT2D eigenvalue weighted by Crippen LogP contribution is 2.36. The molecule has 5 rings (SSSR count). The predicted molar refractivity (Wildman–Crippen MR) is 190 cm³/mol. The number of piperidine rings is 1. The molecule has 0 N–H and O–H groups in total. The van der Waals surface area contributed by atoms with Gasteiger partial charge < -0.3 is 23.8 Å². The molecule has 1 aliphatic rings. The molecule has 0 bridgehead atoms. The van der Waals surface area contributed by atoms with Crippen LogP contribution in [0.4, 0.5) is 9.93 Å². The lowest BCUT2D eigenvalue weighted by Crippen LogP contribution is -2.46. The van der Waals surface area contributed by atoms with Crippen LogP contribution in [0.3, 0.4) is 0 Å². The lowest BCUT2D eigenvalue weighted by Gasteiger charge is -2.39. The highest BCUT2D eigenvalue weighted by Gasteiger charge is 2.35. The average molecular weight is 740 g/mol. The van der Waals surface area contributed by atoms with Gasteiger partial charge in [0, 0.05) is 47.2 Å². The van der Waals surface area contributed by atoms with Crippen molar-refractivity contribution in [3.05, 3.63) is 88.7 Å². The second-order valence-electron chi connectivity index (χ2n) is 12.6. The van der Waals surface area contributed by atoms with Crippen LogP contribution in [0.15, 0.2) is 71.9 Å². The number of amides is 1. The molecule has 1 amide bonds. The summed E-state index contributed by atoms with van der Waals surface area (Å²) in [5.41, 5.74) is 1.01. The molecule has 4 aromatic rings. The van der Waals surface area contributed by atoms with E-state index < -0.39 is 21.7 Å². The molecule has 1 aromatic heterocycles. The molecule has 2 heterocycles. The summed E-state index contributed by atoms with van der Waals surface area (Å²) in [5.74, 6) is 1.07. The molecule has 1 saturated heterocycles. The number of benzene rings is 3. The average Bonchev–Trinajstić information content (AvgIpc) is 3.63. The number of nitriles is 1. The van der Waals surface area contributed by atoms with Gasteiger partial charge in [-0.2, -0.15) is 9.64 Å². The predicted octanol–water partition coefficient (Wildman–Crippen LogP) is 6.90. The number of sulfonamides is 1. The van der Waals surface area contributed by atoms with Gasteiger partial charge in [-0.25, -0.2) is 22.5 Å². The lowest BCUT2D eigenvalue weighted by molar-refractivity contribution is 0.0111. The number of rotatable bonds is 11. The van der Waals surface area contributed by atoms with Crippen LogP contribution >= 0.6 is 23.1 Å². The molecule has 15 heteroatoms. The van der Waals surface area contributed by atoms with Gasteiger partial charge in [0.2, 0.25) is 5.13 Å². The number of halogens is 1. The minimum atomic E-state index is -4.25. The van der Waals surface area contributed by atoms with E-state index in [0.29, 0.717) is 41.6 Å². The van der Waals surface area contributed by atoms with Crippen LogP contribution in [0.2, 0.25) is 5.02 Å². The molecule has 1 aliphatic heterocycles. The molecular weight excluding hydrogens is 702 g/mol. The first-order valence-electron chi connectivity index (χ1n) is 15.7. The van der Waals surface area contributed by atoms with Crippen LogP contribution in [-0.2, 0) is 21.3 Å². The number of aromatic nitrogens is 2. The Labute approximate surface area is 301 Å². The molecule has 2 atom stereocenters. The number of methoxy groups -OCH3 is 2. The zero-order valence-corrected chi connectivity index (χ0v) is 30.7. The maximum Gasteiger partial charge on any atom is 0.410 e. The van der Waals surface area contributed by atoms with Crippen molar-refractivity contribution in [3.63, 3.8) is 0 Å². The summed E-state index contributed by atoms with van der Waals surface area (Å²) >= 11 is 7.08. The smallest absolute Gasteiger partial charge is 0.410 e. The summed E-state index contributed by atoms with van der Waals surface area (Å²) in [5, 5.41) is 10.9. The quantitative estimate of drug-likeness (QED) is 0.159. The summed E-state index contributed by atoms with van der Waals surface area (Å²) in [6.07, 6.45) is 1.53. The fourth-order valence-corrected chi connectivity index (χ4v) is 8.00. The van der Waals surface area contributed by atoms with Gasteiger partial charge in [0.25, 0.3) is 10.0 Å². The first-order valence-corrected chi connectivity index (χ1v) is 18.3. The van der Waals surface area contributed by atoms with Crippen LogP contribution < -0.4 is 18.5 Å². The summed E-state index contributed by atoms with van der Waals surface area (Å²) < 4.78 is 56.1. The van der Waals surface area contributed by atoms with Crippen LogP contribution in [0.5, 0.6) is 17.2 Å². The highest BCUT2D eigenvalue weighted by molar-refractivity contribution is 7.93. The first kappa shape index (κ1) is 36.7. The van der Waals surface area contributed by atoms with Crippen molar-refractivity contribution in [2.75, 3.05) is 38.2 Å². The zero-order chi connectivity index (χ0) is 36.1. The molecule has 0 saturated carbocycles. The number of carbonyl (C=O) groups excluding carboxylic acids is 1. The van der Waals surface area contributed by atoms with Crippen molar-refractivity contribution < 1.29 is 32.2 Å². The molecule has 1 fully saturated rings. The van der Waals surface area contributed by atoms with Gasteiger partial charge in [-0.15, -0.1) is 0 Å². The monoisotopic (exact) mass is 739 g/mol. The lowest BCUT2D eigenvalue weighted by atomic mass is 9.81. The van der Waals surface area contributed by atoms with Gasteiger partial charge in [0.1, 0.15) is 35.2 Å². The van der Waals surface area contributed by atoms with E-state index in [1.807, 2.05) is 45.0 Å². The molecule has 0 radical (unpaired) electrons. The maximum absolute atomic E-state index is 14.2. The van der Waals surface area contributed by atoms with Crippen molar-refractivity contribution in [3.8, 4) is 23.3 Å². The number of hydrogen-bond acceptors (Lipinski definition) is 11. The van der Waals surface area contributed by atoms with Gasteiger partial charge in [-0.05, 0) is 81.1 Å². The number of nitrogens with zero attached hydrogens (tertiary/aromatic N) is 5. The van der Waals surface area contributed by atoms with E-state index in [0.717, 1.165) is 21.4 Å². The van der Waals surface area contributed by atoms with Crippen molar-refractivity contribution in [1.29, 1.82) is 5.26 Å². The molecule has 50 heavy (non-hydrogen) atoms. The van der Waals surface area contributed by atoms with E-state index in [1.165, 1.54) is 38.7 Å². The fraction of sp³-hybridized carbons (Fsp3) is 0.371. The number of carbonyl (C=O) groups is 1. The van der Waals surface area contributed by atoms with E-state index in [2.05, 4.69) is 15.4 Å². The Hall–Kier alpha value is -4.58. The molecule has 0 spiro atoms. The zero-order valence-electron chi connectivity index (χ0n) is 28.3. The second kappa shape index (κ2) is 15.5. The summed E-state index contributed by atoms with van der Waals surface area (Å²) in [4.78, 5) is 18.7. The number of likely N-dealkylation sites (tertiary alicyclic amines) is 1. The van der Waals surface area contributed by atoms with Crippen molar-refractivity contribution in [2.45, 2.75) is 50.2 Å². The Morgan fingerprint density at radius 1 is 1.08 bits per heavy atom. The number of hydrogen-bond donors (Lipinski definition) is 0. The maximum atomic E-state index is 14.2. The third-order valence-electron chi connectivity index (χ3n) is 8.17. The Bertz CT molecular complexity index is 1950. The number of ether oxygens (including phenoxy) is 4. The fourth-order valence-electron chi connectivity index (χ4n) is 5.72. The van der Waals surface area contributed by atoms with E-state index in [4.69, 9.17) is 30.5 Å². The molecule has 12 nitrogen and oxygen atoms in total. The minimum Gasteiger partial charge on any atom is -0.497 e. The van der Waals surface area contributed by atoms with E-state index >= 15 is 0 Å². The van der Waals surface area contributed by atoms with Crippen molar-refractivity contribution >= 4 is 44.4 Å². The SMILES string of the molecule is COc1ccc(CN(c2ncns2)S(=O)(=O)c2ccc(OCC3CN(C(=O)OC(C)(C)C)CCC3c3ccc(Cl)cc3)c(C#N)c2)c(OC)c1. The van der Waals surface area contributed by atoms with Gasteiger partial charge in [0.05, 0.1) is 37.8 Å². The van der Waals surface area contributed by atoms with E-state index in [-0.39, 0.29) is 46.3 Å². The number of anilines is 1. The summed E-state index contributed by atoms with van der Waals surface area (Å²) in [6, 6.07) is 18.9. The first-order chi connectivity index (χ1) is 23.8. The summed E-state index contributed by atoms with van der Waals surface area (Å²) in [7, 11) is -1.24. The summed E-state index contributed by atoms with van der Waals surface area (Å²) in [6.45, 7) is 6.37. The van der Waals surface area contributed by atoms with Crippen LogP contribution in [0, 0.1) is 17.2 Å². The second-order valence-corrected chi connectivity index (χ2v) is 15.7. The van der Waals surface area contributed by atoms with Crippen LogP contribution in [0.25, 0.3) is 0 Å². The molecule has 0 aliphatic carbocycles. The van der Waals surface area contributed by atoms with Crippen molar-refractivity contribution in [1.82, 2.24) is 14.3 Å². The molecule has 264 valence electrons. The van der Waals surface area contributed by atoms with Gasteiger partial charge >= 0.3 is 6.09 Å². The molecule has 3 aromatic carbocycles. The van der Waals surface area contributed by atoms with Crippen LogP contribution in [-0.4, -0.2) is 68.3 Å². The van der Waals surface area contributed by atoms with Gasteiger partial charge in [-0.1, -0.05) is 23.7 Å². The van der Waals surface area contributed by atoms with Gasteiger partial charge in [0.15, 0.2) is 0 Å². The van der Waals surface area contributed by atoms with E-state index in [9.17, 15) is 18.5 Å². The topological polar surface area (TPSA) is 144 Å². The molecular formula is C35H38ClN5O7S2. The standard InChI is InChI=1S/C35H38ClN5O7S2/c1-35(2,3)48-34(42)40-15-14-30(23-6-9-27(36)10-7-23)26(19-40)21-47-31-13-12-29(16-25(31)18-37)50(43,44)41(33-38-22-39-49-33)20-24-8-11-28(45-4)17-32(24)46-5/h6-13,16-17,22,26,30H,14-15,19-21H2,1-5H3. The van der Waals surface area contributed by atoms with Crippen LogP contribution in [0.1, 0.15) is 49.8 Å². The Morgan fingerprint density at radius 2 is 1.84 bits per heavy atom. The third kappa shape index (κ3) is 8.58.